The summed E-state index contributed by atoms with van der Waals surface area (Å²) in [7, 11) is 0. The molecule has 0 saturated carbocycles. The molecular weight excluding hydrogens is 300 g/mol. The van der Waals surface area contributed by atoms with Crippen LogP contribution in [0.2, 0.25) is 0 Å². The van der Waals surface area contributed by atoms with Crippen LogP contribution in [0.4, 0.5) is 0 Å². The molecule has 2 heterocycles. The van der Waals surface area contributed by atoms with Crippen LogP contribution >= 0.6 is 0 Å². The molecule has 0 unspecified atom stereocenters. The zero-order chi connectivity index (χ0) is 16.9. The van der Waals surface area contributed by atoms with Crippen molar-refractivity contribution in [2.75, 3.05) is 0 Å². The normalized spacial score (nSPS) is 15.1. The maximum absolute atomic E-state index is 12.5. The van der Waals surface area contributed by atoms with Gasteiger partial charge in [-0.15, -0.1) is 0 Å². The van der Waals surface area contributed by atoms with E-state index in [1.54, 1.807) is 0 Å². The molecule has 0 fully saturated rings. The highest BCUT2D eigenvalue weighted by Gasteiger charge is 2.32. The van der Waals surface area contributed by atoms with Crippen molar-refractivity contribution in [3.63, 3.8) is 0 Å². The summed E-state index contributed by atoms with van der Waals surface area (Å²) < 4.78 is 11.9. The van der Waals surface area contributed by atoms with Crippen molar-refractivity contribution in [2.24, 2.45) is 0 Å². The number of hydrogen-bond acceptors (Lipinski definition) is 3. The predicted molar refractivity (Wildman–Crippen MR) is 96.9 cm³/mol. The Kier molecular flexibility index (Phi) is 3.41. The summed E-state index contributed by atoms with van der Waals surface area (Å²) >= 11 is 0. The Hall–Kier alpha value is -2.29. The van der Waals surface area contributed by atoms with E-state index in [1.807, 2.05) is 24.3 Å². The van der Waals surface area contributed by atoms with Gasteiger partial charge >= 0.3 is 5.63 Å². The number of benzene rings is 2. The molecule has 0 aliphatic carbocycles. The molecule has 1 aromatic heterocycles. The van der Waals surface area contributed by atoms with Crippen molar-refractivity contribution in [3.8, 4) is 5.75 Å². The fourth-order valence-corrected chi connectivity index (χ4v) is 3.75. The molecule has 3 heteroatoms. The van der Waals surface area contributed by atoms with Crippen LogP contribution in [0.25, 0.3) is 21.7 Å². The molecule has 3 aromatic rings. The van der Waals surface area contributed by atoms with Crippen molar-refractivity contribution in [1.29, 1.82) is 0 Å². The van der Waals surface area contributed by atoms with Gasteiger partial charge < -0.3 is 9.15 Å². The van der Waals surface area contributed by atoms with E-state index in [1.165, 1.54) is 18.4 Å². The third-order valence-electron chi connectivity index (χ3n) is 4.95. The number of rotatable bonds is 4. The largest absolute Gasteiger partial charge is 0.482 e. The Morgan fingerprint density at radius 3 is 2.71 bits per heavy atom. The molecule has 0 radical (unpaired) electrons. The molecule has 0 bridgehead atoms. The van der Waals surface area contributed by atoms with E-state index >= 15 is 0 Å². The first-order valence-corrected chi connectivity index (χ1v) is 8.73. The standard InChI is InChI=1S/C21H22O3/c1-4-5-6-8-13-11-16-19-17(12-13)24-21(2,3)15-10-7-9-14(18(15)19)20(22)23-16/h7,9-12H,4-6,8H2,1-3H3. The summed E-state index contributed by atoms with van der Waals surface area (Å²) in [6.45, 7) is 6.30. The third kappa shape index (κ3) is 2.22. The van der Waals surface area contributed by atoms with E-state index in [2.05, 4.69) is 26.8 Å². The lowest BCUT2D eigenvalue weighted by molar-refractivity contribution is 0.110. The Morgan fingerprint density at radius 1 is 1.08 bits per heavy atom. The molecule has 4 rings (SSSR count). The van der Waals surface area contributed by atoms with Gasteiger partial charge in [0, 0.05) is 10.9 Å². The Balaban J connectivity index is 2.03. The first-order chi connectivity index (χ1) is 11.5. The Bertz CT molecular complexity index is 995. The summed E-state index contributed by atoms with van der Waals surface area (Å²) in [6, 6.07) is 9.91. The minimum atomic E-state index is -0.463. The number of ether oxygens (including phenoxy) is 1. The average molecular weight is 322 g/mol. The summed E-state index contributed by atoms with van der Waals surface area (Å²) in [4.78, 5) is 12.5. The second-order valence-electron chi connectivity index (χ2n) is 7.15. The lowest BCUT2D eigenvalue weighted by Crippen LogP contribution is -2.28. The molecule has 0 saturated heterocycles. The van der Waals surface area contributed by atoms with Gasteiger partial charge in [-0.05, 0) is 50.5 Å². The van der Waals surface area contributed by atoms with Crippen molar-refractivity contribution in [2.45, 2.75) is 52.1 Å². The van der Waals surface area contributed by atoms with E-state index in [4.69, 9.17) is 9.15 Å². The minimum Gasteiger partial charge on any atom is -0.482 e. The van der Waals surface area contributed by atoms with Crippen molar-refractivity contribution in [1.82, 2.24) is 0 Å². The van der Waals surface area contributed by atoms with Crippen molar-refractivity contribution in [3.05, 3.63) is 51.9 Å². The van der Waals surface area contributed by atoms with Gasteiger partial charge in [-0.25, -0.2) is 4.79 Å². The molecule has 0 N–H and O–H groups in total. The van der Waals surface area contributed by atoms with Gasteiger partial charge in [0.1, 0.15) is 16.9 Å². The van der Waals surface area contributed by atoms with E-state index in [-0.39, 0.29) is 5.63 Å². The van der Waals surface area contributed by atoms with Crippen LogP contribution in [0.15, 0.2) is 39.5 Å². The molecule has 0 amide bonds. The van der Waals surface area contributed by atoms with Crippen molar-refractivity contribution >= 4 is 21.7 Å². The monoisotopic (exact) mass is 322 g/mol. The first kappa shape index (κ1) is 15.3. The fourth-order valence-electron chi connectivity index (χ4n) is 3.75. The molecule has 124 valence electrons. The molecular formula is C21H22O3. The predicted octanol–water partition coefficient (Wildman–Crippen LogP) is 5.31. The number of aryl methyl sites for hydroxylation is 1. The van der Waals surface area contributed by atoms with Gasteiger partial charge in [-0.2, -0.15) is 0 Å². The summed E-state index contributed by atoms with van der Waals surface area (Å²) in [5.41, 5.74) is 2.12. The molecule has 3 nitrogen and oxygen atoms in total. The summed E-state index contributed by atoms with van der Waals surface area (Å²) in [5.74, 6) is 0.830. The van der Waals surface area contributed by atoms with Gasteiger partial charge in [-0.3, -0.25) is 0 Å². The van der Waals surface area contributed by atoms with Crippen LogP contribution < -0.4 is 10.4 Å². The van der Waals surface area contributed by atoms with E-state index in [0.717, 1.165) is 34.9 Å². The number of hydrogen-bond donors (Lipinski definition) is 0. The zero-order valence-corrected chi connectivity index (χ0v) is 14.4. The van der Waals surface area contributed by atoms with Crippen LogP contribution in [-0.2, 0) is 12.0 Å². The summed E-state index contributed by atoms with van der Waals surface area (Å²) in [6.07, 6.45) is 4.50. The maximum atomic E-state index is 12.5. The highest BCUT2D eigenvalue weighted by atomic mass is 16.5. The lowest BCUT2D eigenvalue weighted by Gasteiger charge is -2.33. The van der Waals surface area contributed by atoms with Crippen LogP contribution in [-0.4, -0.2) is 0 Å². The highest BCUT2D eigenvalue weighted by Crippen LogP contribution is 2.45. The second kappa shape index (κ2) is 5.37. The minimum absolute atomic E-state index is 0.270. The van der Waals surface area contributed by atoms with E-state index in [0.29, 0.717) is 11.0 Å². The van der Waals surface area contributed by atoms with E-state index in [9.17, 15) is 4.79 Å². The lowest BCUT2D eigenvalue weighted by atomic mass is 9.88. The quantitative estimate of drug-likeness (QED) is 0.371. The van der Waals surface area contributed by atoms with Gasteiger partial charge in [0.25, 0.3) is 0 Å². The molecule has 1 aliphatic heterocycles. The van der Waals surface area contributed by atoms with Crippen LogP contribution in [0, 0.1) is 0 Å². The molecule has 24 heavy (non-hydrogen) atoms. The van der Waals surface area contributed by atoms with Crippen LogP contribution in [0.5, 0.6) is 5.75 Å². The second-order valence-corrected chi connectivity index (χ2v) is 7.15. The van der Waals surface area contributed by atoms with Crippen LogP contribution in [0.3, 0.4) is 0 Å². The van der Waals surface area contributed by atoms with Gasteiger partial charge in [-0.1, -0.05) is 31.9 Å². The van der Waals surface area contributed by atoms with Gasteiger partial charge in [0.15, 0.2) is 0 Å². The zero-order valence-electron chi connectivity index (χ0n) is 14.4. The SMILES string of the molecule is CCCCCc1cc2c3c(c1)oc(=O)c1cccc(c13)C(C)(C)O2. The van der Waals surface area contributed by atoms with Gasteiger partial charge in [0.05, 0.1) is 10.8 Å². The highest BCUT2D eigenvalue weighted by molar-refractivity contribution is 6.10. The van der Waals surface area contributed by atoms with E-state index < -0.39 is 5.60 Å². The van der Waals surface area contributed by atoms with Crippen molar-refractivity contribution < 1.29 is 9.15 Å². The topological polar surface area (TPSA) is 39.4 Å². The smallest absolute Gasteiger partial charge is 0.344 e. The average Bonchev–Trinajstić information content (AvgIpc) is 2.53. The summed E-state index contributed by atoms with van der Waals surface area (Å²) in [5, 5.41) is 2.55. The fraction of sp³-hybridized carbons (Fsp3) is 0.381. The Morgan fingerprint density at radius 2 is 1.92 bits per heavy atom. The molecule has 2 aromatic carbocycles. The maximum Gasteiger partial charge on any atom is 0.344 e. The van der Waals surface area contributed by atoms with Crippen LogP contribution in [0.1, 0.15) is 51.2 Å². The first-order valence-electron chi connectivity index (χ1n) is 8.73. The molecule has 0 spiro atoms. The van der Waals surface area contributed by atoms with Gasteiger partial charge in [0.2, 0.25) is 0 Å². The molecule has 1 aliphatic rings. The number of unbranched alkanes of at least 4 members (excludes halogenated alkanes) is 2. The third-order valence-corrected chi connectivity index (χ3v) is 4.95. The Labute approximate surface area is 141 Å². The molecule has 0 atom stereocenters.